The average molecular weight is 338 g/mol. The molecule has 138 valence electrons. The van der Waals surface area contributed by atoms with Crippen LogP contribution in [0.3, 0.4) is 0 Å². The van der Waals surface area contributed by atoms with E-state index in [-0.39, 0.29) is 0 Å². The fourth-order valence-corrected chi connectivity index (χ4v) is 4.58. The van der Waals surface area contributed by atoms with E-state index in [0.29, 0.717) is 11.5 Å². The highest BCUT2D eigenvalue weighted by Crippen LogP contribution is 2.40. The number of guanidine groups is 1. The summed E-state index contributed by atoms with van der Waals surface area (Å²) in [4.78, 5) is 9.64. The summed E-state index contributed by atoms with van der Waals surface area (Å²) in [7, 11) is 3.68. The van der Waals surface area contributed by atoms with Crippen LogP contribution >= 0.6 is 0 Å². The molecular formula is C18H35N5O. The minimum absolute atomic E-state index is 0.396. The third-order valence-electron chi connectivity index (χ3n) is 6.25. The van der Waals surface area contributed by atoms with Crippen molar-refractivity contribution in [2.75, 3.05) is 66.6 Å². The SMILES string of the molecule is CN=C(NCC1CN2CCN1CC2)NCC1(CCOC)CCCC1. The molecule has 4 rings (SSSR count). The molecule has 6 nitrogen and oxygen atoms in total. The molecule has 1 atom stereocenters. The summed E-state index contributed by atoms with van der Waals surface area (Å²) in [6.45, 7) is 8.98. The first-order valence-electron chi connectivity index (χ1n) is 9.64. The molecule has 2 N–H and O–H groups in total. The highest BCUT2D eigenvalue weighted by Gasteiger charge is 2.34. The van der Waals surface area contributed by atoms with Gasteiger partial charge >= 0.3 is 0 Å². The lowest BCUT2D eigenvalue weighted by molar-refractivity contribution is 0.0154. The maximum absolute atomic E-state index is 5.33. The highest BCUT2D eigenvalue weighted by atomic mass is 16.5. The molecule has 0 amide bonds. The van der Waals surface area contributed by atoms with Crippen LogP contribution in [0.1, 0.15) is 32.1 Å². The fourth-order valence-electron chi connectivity index (χ4n) is 4.58. The van der Waals surface area contributed by atoms with Crippen LogP contribution in [0.5, 0.6) is 0 Å². The van der Waals surface area contributed by atoms with Gasteiger partial charge in [0.15, 0.2) is 5.96 Å². The molecule has 4 aliphatic rings. The Morgan fingerprint density at radius 1 is 1.17 bits per heavy atom. The van der Waals surface area contributed by atoms with Crippen LogP contribution < -0.4 is 10.6 Å². The van der Waals surface area contributed by atoms with E-state index >= 15 is 0 Å². The summed E-state index contributed by atoms with van der Waals surface area (Å²) in [6.07, 6.45) is 6.48. The summed E-state index contributed by atoms with van der Waals surface area (Å²) in [5.74, 6) is 0.955. The first-order valence-corrected chi connectivity index (χ1v) is 9.64. The van der Waals surface area contributed by atoms with Crippen molar-refractivity contribution in [1.82, 2.24) is 20.4 Å². The molecule has 0 spiro atoms. The maximum atomic E-state index is 5.33. The zero-order chi connectivity index (χ0) is 16.8. The first kappa shape index (κ1) is 18.0. The van der Waals surface area contributed by atoms with E-state index in [4.69, 9.17) is 4.74 Å². The Balaban J connectivity index is 1.44. The highest BCUT2D eigenvalue weighted by molar-refractivity contribution is 5.79. The van der Waals surface area contributed by atoms with E-state index in [2.05, 4.69) is 25.4 Å². The van der Waals surface area contributed by atoms with Crippen LogP contribution in [0, 0.1) is 5.41 Å². The molecule has 0 aromatic carbocycles. The molecule has 3 aliphatic heterocycles. The molecule has 0 aromatic heterocycles. The van der Waals surface area contributed by atoms with Crippen molar-refractivity contribution < 1.29 is 4.74 Å². The van der Waals surface area contributed by atoms with Crippen molar-refractivity contribution in [1.29, 1.82) is 0 Å². The minimum Gasteiger partial charge on any atom is -0.385 e. The number of fused-ring (bicyclic) bond motifs is 3. The van der Waals surface area contributed by atoms with Gasteiger partial charge in [0.05, 0.1) is 0 Å². The number of nitrogens with zero attached hydrogens (tertiary/aromatic N) is 3. The smallest absolute Gasteiger partial charge is 0.191 e. The Morgan fingerprint density at radius 2 is 1.92 bits per heavy atom. The maximum Gasteiger partial charge on any atom is 0.191 e. The van der Waals surface area contributed by atoms with Gasteiger partial charge in [0, 0.05) is 72.6 Å². The third kappa shape index (κ3) is 4.41. The van der Waals surface area contributed by atoms with Crippen LogP contribution in [-0.2, 0) is 4.74 Å². The normalized spacial score (nSPS) is 32.1. The minimum atomic E-state index is 0.396. The zero-order valence-corrected chi connectivity index (χ0v) is 15.5. The molecule has 6 heteroatoms. The van der Waals surface area contributed by atoms with E-state index in [9.17, 15) is 0 Å². The lowest BCUT2D eigenvalue weighted by atomic mass is 9.83. The second kappa shape index (κ2) is 8.50. The van der Waals surface area contributed by atoms with Gasteiger partial charge < -0.3 is 15.4 Å². The van der Waals surface area contributed by atoms with Gasteiger partial charge in [-0.3, -0.25) is 14.8 Å². The number of piperazine rings is 3. The monoisotopic (exact) mass is 337 g/mol. The Hall–Kier alpha value is -0.850. The molecule has 0 radical (unpaired) electrons. The number of nitrogens with one attached hydrogen (secondary N) is 2. The van der Waals surface area contributed by atoms with E-state index in [1.807, 2.05) is 7.05 Å². The predicted octanol–water partition coefficient (Wildman–Crippen LogP) is 0.748. The van der Waals surface area contributed by atoms with E-state index in [1.165, 1.54) is 58.4 Å². The van der Waals surface area contributed by atoms with Crippen molar-refractivity contribution in [3.63, 3.8) is 0 Å². The number of hydrogen-bond donors (Lipinski definition) is 2. The van der Waals surface area contributed by atoms with Gasteiger partial charge in [-0.25, -0.2) is 0 Å². The second-order valence-corrected chi connectivity index (χ2v) is 7.75. The average Bonchev–Trinajstić information content (AvgIpc) is 3.10. The Bertz CT molecular complexity index is 414. The Labute approximate surface area is 147 Å². The zero-order valence-electron chi connectivity index (χ0n) is 15.5. The Morgan fingerprint density at radius 3 is 2.50 bits per heavy atom. The van der Waals surface area contributed by atoms with Crippen LogP contribution in [0.25, 0.3) is 0 Å². The first-order chi connectivity index (χ1) is 11.7. The summed E-state index contributed by atoms with van der Waals surface area (Å²) in [5, 5.41) is 7.16. The number of aliphatic imine (C=N–C) groups is 1. The largest absolute Gasteiger partial charge is 0.385 e. The molecule has 24 heavy (non-hydrogen) atoms. The van der Waals surface area contributed by atoms with Crippen LogP contribution in [0.4, 0.5) is 0 Å². The molecular weight excluding hydrogens is 302 g/mol. The van der Waals surface area contributed by atoms with E-state index in [0.717, 1.165) is 32.1 Å². The van der Waals surface area contributed by atoms with Gasteiger partial charge in [0.2, 0.25) is 0 Å². The molecule has 3 heterocycles. The van der Waals surface area contributed by atoms with Crippen LogP contribution in [0.15, 0.2) is 4.99 Å². The summed E-state index contributed by atoms with van der Waals surface area (Å²) >= 11 is 0. The molecule has 0 aromatic rings. The van der Waals surface area contributed by atoms with Gasteiger partial charge in [-0.15, -0.1) is 0 Å². The van der Waals surface area contributed by atoms with Crippen LogP contribution in [0.2, 0.25) is 0 Å². The molecule has 1 unspecified atom stereocenters. The summed E-state index contributed by atoms with van der Waals surface area (Å²) < 4.78 is 5.33. The van der Waals surface area contributed by atoms with E-state index in [1.54, 1.807) is 7.11 Å². The summed E-state index contributed by atoms with van der Waals surface area (Å²) in [6, 6.07) is 0.625. The quantitative estimate of drug-likeness (QED) is 0.530. The van der Waals surface area contributed by atoms with Crippen LogP contribution in [-0.4, -0.2) is 88.4 Å². The van der Waals surface area contributed by atoms with Crippen molar-refractivity contribution >= 4 is 5.96 Å². The number of hydrogen-bond acceptors (Lipinski definition) is 4. The molecule has 2 bridgehead atoms. The lowest BCUT2D eigenvalue weighted by Crippen LogP contribution is -2.64. The van der Waals surface area contributed by atoms with Crippen molar-refractivity contribution in [2.45, 2.75) is 38.1 Å². The molecule has 4 fully saturated rings. The fraction of sp³-hybridized carbons (Fsp3) is 0.944. The van der Waals surface area contributed by atoms with Gasteiger partial charge in [0.1, 0.15) is 0 Å². The second-order valence-electron chi connectivity index (χ2n) is 7.75. The van der Waals surface area contributed by atoms with Gasteiger partial charge in [-0.2, -0.15) is 0 Å². The van der Waals surface area contributed by atoms with Gasteiger partial charge in [-0.1, -0.05) is 12.8 Å². The number of methoxy groups -OCH3 is 1. The standard InChI is InChI=1S/C18H35N5O/c1-19-17(20-13-16-14-22-8-10-23(16)11-9-22)21-15-18(7-12-24-2)5-3-4-6-18/h16H,3-15H2,1-2H3,(H2,19,20,21). The third-order valence-corrected chi connectivity index (χ3v) is 6.25. The van der Waals surface area contributed by atoms with Crippen molar-refractivity contribution in [3.05, 3.63) is 0 Å². The van der Waals surface area contributed by atoms with Gasteiger partial charge in [-0.05, 0) is 24.7 Å². The van der Waals surface area contributed by atoms with Crippen molar-refractivity contribution in [3.8, 4) is 0 Å². The number of ether oxygens (including phenoxy) is 1. The topological polar surface area (TPSA) is 52.1 Å². The molecule has 3 saturated heterocycles. The number of rotatable bonds is 7. The van der Waals surface area contributed by atoms with Crippen molar-refractivity contribution in [2.24, 2.45) is 10.4 Å². The molecule has 1 aliphatic carbocycles. The predicted molar refractivity (Wildman–Crippen MR) is 98.6 cm³/mol. The van der Waals surface area contributed by atoms with E-state index < -0.39 is 0 Å². The van der Waals surface area contributed by atoms with Gasteiger partial charge in [0.25, 0.3) is 0 Å². The lowest BCUT2D eigenvalue weighted by Gasteiger charge is -2.47. The Kier molecular flexibility index (Phi) is 6.36. The summed E-state index contributed by atoms with van der Waals surface area (Å²) in [5.41, 5.74) is 0.396. The molecule has 1 saturated carbocycles.